The minimum atomic E-state index is -0.782. The summed E-state index contributed by atoms with van der Waals surface area (Å²) in [5, 5.41) is 18.1. The monoisotopic (exact) mass is 406 g/mol. The molecule has 24 heavy (non-hydrogen) atoms. The van der Waals surface area contributed by atoms with Crippen molar-refractivity contribution in [3.63, 3.8) is 0 Å². The maximum atomic E-state index is 12.7. The van der Waals surface area contributed by atoms with Gasteiger partial charge in [0, 0.05) is 6.54 Å². The van der Waals surface area contributed by atoms with E-state index in [0.717, 1.165) is 23.1 Å². The molecule has 0 spiro atoms. The number of rotatable bonds is 3. The van der Waals surface area contributed by atoms with Gasteiger partial charge in [-0.25, -0.2) is 4.98 Å². The lowest BCUT2D eigenvalue weighted by atomic mass is 10.1. The number of benzene rings is 1. The van der Waals surface area contributed by atoms with Crippen LogP contribution in [0.5, 0.6) is 0 Å². The number of likely N-dealkylation sites (tertiary alicyclic amines) is 1. The lowest BCUT2D eigenvalue weighted by molar-refractivity contribution is 0.0481. The molecule has 0 bridgehead atoms. The van der Waals surface area contributed by atoms with Crippen LogP contribution in [0.25, 0.3) is 10.2 Å². The quantitative estimate of drug-likeness (QED) is 0.699. The summed E-state index contributed by atoms with van der Waals surface area (Å²) in [6, 6.07) is 7.54. The second-order valence-corrected chi connectivity index (χ2v) is 7.68. The summed E-state index contributed by atoms with van der Waals surface area (Å²) in [6.45, 7) is 0.622. The number of carbonyl (C=O) groups is 1. The number of aromatic amines is 1. The summed E-state index contributed by atoms with van der Waals surface area (Å²) in [5.74, 6) is -0.151. The fraction of sp³-hybridized carbons (Fsp3) is 0.312. The molecule has 3 aromatic rings. The van der Waals surface area contributed by atoms with Gasteiger partial charge in [-0.3, -0.25) is 9.89 Å². The molecule has 0 radical (unpaired) electrons. The number of nitrogens with zero attached hydrogens (tertiary/aromatic N) is 3. The predicted molar refractivity (Wildman–Crippen MR) is 94.9 cm³/mol. The van der Waals surface area contributed by atoms with Crippen molar-refractivity contribution in [1.82, 2.24) is 20.1 Å². The number of aliphatic hydroxyl groups excluding tert-OH is 1. The molecule has 0 unspecified atom stereocenters. The van der Waals surface area contributed by atoms with Crippen LogP contribution in [0.4, 0.5) is 0 Å². The number of H-pyrrole nitrogens is 1. The molecule has 2 atom stereocenters. The smallest absolute Gasteiger partial charge is 0.273 e. The first-order valence-corrected chi connectivity index (χ1v) is 9.29. The third-order valence-electron chi connectivity index (χ3n) is 4.29. The lowest BCUT2D eigenvalue weighted by Gasteiger charge is -2.27. The molecule has 1 aromatic carbocycles. The maximum absolute atomic E-state index is 12.7. The van der Waals surface area contributed by atoms with Gasteiger partial charge in [0.2, 0.25) is 0 Å². The molecule has 124 valence electrons. The van der Waals surface area contributed by atoms with Gasteiger partial charge in [0.25, 0.3) is 5.91 Å². The first-order chi connectivity index (χ1) is 11.6. The number of amides is 1. The number of aliphatic hydroxyl groups is 1. The number of halogens is 1. The molecule has 1 aliphatic rings. The van der Waals surface area contributed by atoms with Gasteiger partial charge in [0.05, 0.1) is 26.9 Å². The van der Waals surface area contributed by atoms with Crippen LogP contribution in [0.2, 0.25) is 0 Å². The second kappa shape index (κ2) is 6.27. The van der Waals surface area contributed by atoms with Crippen LogP contribution in [0.3, 0.4) is 0 Å². The molecule has 1 fully saturated rings. The van der Waals surface area contributed by atoms with Crippen molar-refractivity contribution in [3.8, 4) is 0 Å². The Kier molecular flexibility index (Phi) is 4.11. The third kappa shape index (κ3) is 2.64. The van der Waals surface area contributed by atoms with E-state index in [4.69, 9.17) is 0 Å². The molecule has 6 nitrogen and oxygen atoms in total. The molecule has 1 amide bonds. The van der Waals surface area contributed by atoms with Crippen LogP contribution < -0.4 is 0 Å². The molecule has 8 heteroatoms. The van der Waals surface area contributed by atoms with Gasteiger partial charge < -0.3 is 10.0 Å². The summed E-state index contributed by atoms with van der Waals surface area (Å²) >= 11 is 4.80. The van der Waals surface area contributed by atoms with Gasteiger partial charge in [-0.1, -0.05) is 12.1 Å². The van der Waals surface area contributed by atoms with Crippen LogP contribution >= 0.6 is 27.3 Å². The van der Waals surface area contributed by atoms with Crippen molar-refractivity contribution < 1.29 is 9.90 Å². The average molecular weight is 407 g/mol. The zero-order chi connectivity index (χ0) is 16.7. The molecular weight excluding hydrogens is 392 g/mol. The largest absolute Gasteiger partial charge is 0.384 e. The fourth-order valence-corrected chi connectivity index (χ4v) is 4.49. The van der Waals surface area contributed by atoms with E-state index in [1.807, 2.05) is 24.3 Å². The Morgan fingerprint density at radius 3 is 3.04 bits per heavy atom. The summed E-state index contributed by atoms with van der Waals surface area (Å²) in [4.78, 5) is 19.0. The van der Waals surface area contributed by atoms with E-state index in [9.17, 15) is 9.90 Å². The molecule has 2 N–H and O–H groups in total. The number of nitrogens with one attached hydrogen (secondary N) is 1. The first-order valence-electron chi connectivity index (χ1n) is 7.68. The molecule has 0 saturated carbocycles. The predicted octanol–water partition coefficient (Wildman–Crippen LogP) is 3.12. The van der Waals surface area contributed by atoms with E-state index in [0.29, 0.717) is 21.7 Å². The molecule has 1 saturated heterocycles. The van der Waals surface area contributed by atoms with Gasteiger partial charge in [-0.2, -0.15) is 5.10 Å². The van der Waals surface area contributed by atoms with E-state index in [2.05, 4.69) is 31.1 Å². The zero-order valence-corrected chi connectivity index (χ0v) is 15.0. The fourth-order valence-electron chi connectivity index (χ4n) is 3.12. The van der Waals surface area contributed by atoms with Crippen molar-refractivity contribution in [1.29, 1.82) is 0 Å². The van der Waals surface area contributed by atoms with Gasteiger partial charge in [0.1, 0.15) is 16.8 Å². The van der Waals surface area contributed by atoms with E-state index in [1.54, 1.807) is 11.1 Å². The van der Waals surface area contributed by atoms with Crippen molar-refractivity contribution >= 4 is 43.4 Å². The third-order valence-corrected chi connectivity index (χ3v) is 6.00. The van der Waals surface area contributed by atoms with Crippen molar-refractivity contribution in [2.24, 2.45) is 0 Å². The second-order valence-electron chi connectivity index (χ2n) is 5.77. The number of hydrogen-bond acceptors (Lipinski definition) is 5. The van der Waals surface area contributed by atoms with E-state index in [-0.39, 0.29) is 11.9 Å². The van der Waals surface area contributed by atoms with Gasteiger partial charge >= 0.3 is 0 Å². The minimum Gasteiger partial charge on any atom is -0.384 e. The Balaban J connectivity index is 1.62. The first kappa shape index (κ1) is 15.7. The lowest BCUT2D eigenvalue weighted by Crippen LogP contribution is -2.39. The number of hydrogen-bond donors (Lipinski definition) is 2. The van der Waals surface area contributed by atoms with Gasteiger partial charge in [0.15, 0.2) is 0 Å². The highest BCUT2D eigenvalue weighted by Crippen LogP contribution is 2.34. The van der Waals surface area contributed by atoms with Crippen LogP contribution in [0.15, 0.2) is 34.9 Å². The van der Waals surface area contributed by atoms with Crippen molar-refractivity contribution in [3.05, 3.63) is 45.6 Å². The Morgan fingerprint density at radius 1 is 1.46 bits per heavy atom. The Labute approximate surface area is 150 Å². The van der Waals surface area contributed by atoms with Gasteiger partial charge in [-0.15, -0.1) is 11.3 Å². The Hall–Kier alpha value is -1.77. The number of thiazole rings is 1. The minimum absolute atomic E-state index is 0.151. The summed E-state index contributed by atoms with van der Waals surface area (Å²) in [7, 11) is 0. The maximum Gasteiger partial charge on any atom is 0.273 e. The van der Waals surface area contributed by atoms with E-state index >= 15 is 0 Å². The summed E-state index contributed by atoms with van der Waals surface area (Å²) in [6.07, 6.45) is 2.40. The van der Waals surface area contributed by atoms with E-state index < -0.39 is 6.10 Å². The number of fused-ring (bicyclic) bond motifs is 1. The van der Waals surface area contributed by atoms with Crippen LogP contribution in [0.1, 0.15) is 34.4 Å². The number of carbonyl (C=O) groups excluding carboxylic acids is 1. The zero-order valence-electron chi connectivity index (χ0n) is 12.6. The van der Waals surface area contributed by atoms with Crippen LogP contribution in [-0.4, -0.2) is 43.7 Å². The summed E-state index contributed by atoms with van der Waals surface area (Å²) < 4.78 is 1.67. The molecular formula is C16H15BrN4O2S. The average Bonchev–Trinajstić information content (AvgIpc) is 3.32. The SMILES string of the molecule is O=C(c1[nH]ncc1Br)N1CCC[C@H]1[C@H](O)c1nc2ccccc2s1. The number of para-hydroxylation sites is 1. The highest BCUT2D eigenvalue weighted by atomic mass is 79.9. The Morgan fingerprint density at radius 2 is 2.29 bits per heavy atom. The molecule has 0 aliphatic carbocycles. The highest BCUT2D eigenvalue weighted by molar-refractivity contribution is 9.10. The molecule has 4 rings (SSSR count). The summed E-state index contributed by atoms with van der Waals surface area (Å²) in [5.41, 5.74) is 1.29. The standard InChI is InChI=1S/C16H15BrN4O2S/c17-9-8-18-20-13(9)16(23)21-7-3-5-11(21)14(22)15-19-10-4-1-2-6-12(10)24-15/h1-2,4,6,8,11,14,22H,3,5,7H2,(H,18,20)/t11-,14-/m0/s1. The van der Waals surface area contributed by atoms with Gasteiger partial charge in [-0.05, 0) is 40.9 Å². The molecule has 2 aromatic heterocycles. The van der Waals surface area contributed by atoms with Crippen LogP contribution in [0, 0.1) is 0 Å². The number of aromatic nitrogens is 3. The van der Waals surface area contributed by atoms with Crippen LogP contribution in [-0.2, 0) is 0 Å². The Bertz CT molecular complexity index is 860. The van der Waals surface area contributed by atoms with Crippen molar-refractivity contribution in [2.75, 3.05) is 6.54 Å². The van der Waals surface area contributed by atoms with E-state index in [1.165, 1.54) is 11.3 Å². The van der Waals surface area contributed by atoms with Crippen molar-refractivity contribution in [2.45, 2.75) is 25.0 Å². The molecule has 3 heterocycles. The highest BCUT2D eigenvalue weighted by Gasteiger charge is 2.37. The molecule has 1 aliphatic heterocycles. The normalized spacial score (nSPS) is 19.1. The topological polar surface area (TPSA) is 82.1 Å².